The Morgan fingerprint density at radius 2 is 1.78 bits per heavy atom. The van der Waals surface area contributed by atoms with Gasteiger partial charge in [0.2, 0.25) is 5.76 Å². The van der Waals surface area contributed by atoms with Crippen LogP contribution in [0.1, 0.15) is 41.1 Å². The topological polar surface area (TPSA) is 88.8 Å². The molecule has 37 heavy (non-hydrogen) atoms. The lowest BCUT2D eigenvalue weighted by Crippen LogP contribution is -2.32. The quantitative estimate of drug-likeness (QED) is 0.245. The summed E-state index contributed by atoms with van der Waals surface area (Å²) >= 11 is 6.28. The van der Waals surface area contributed by atoms with E-state index in [0.29, 0.717) is 40.3 Å². The fourth-order valence-electron chi connectivity index (χ4n) is 4.23. The van der Waals surface area contributed by atoms with Gasteiger partial charge in [-0.05, 0) is 68.3 Å². The first-order valence-corrected chi connectivity index (χ1v) is 13.8. The maximum atomic E-state index is 13.8. The summed E-state index contributed by atoms with van der Waals surface area (Å²) in [5.74, 6) is -0.507. The van der Waals surface area contributed by atoms with E-state index in [0.717, 1.165) is 11.1 Å². The number of esters is 1. The van der Waals surface area contributed by atoms with Crippen LogP contribution in [0.4, 0.5) is 5.69 Å². The highest BCUT2D eigenvalue weighted by atomic mass is 35.5. The number of ether oxygens (including phenoxy) is 1. The molecule has 7 nitrogen and oxygen atoms in total. The van der Waals surface area contributed by atoms with Gasteiger partial charge in [0, 0.05) is 35.6 Å². The Labute approximate surface area is 222 Å². The number of benzene rings is 3. The summed E-state index contributed by atoms with van der Waals surface area (Å²) in [5.41, 5.74) is 3.38. The third kappa shape index (κ3) is 5.66. The summed E-state index contributed by atoms with van der Waals surface area (Å²) < 4.78 is 39.8. The second kappa shape index (κ2) is 11.4. The van der Waals surface area contributed by atoms with E-state index in [-0.39, 0.29) is 23.8 Å². The Kier molecular flexibility index (Phi) is 8.22. The average Bonchev–Trinajstić information content (AvgIpc) is 3.22. The van der Waals surface area contributed by atoms with Crippen molar-refractivity contribution in [3.63, 3.8) is 0 Å². The molecule has 0 amide bonds. The standard InChI is InChI=1S/C28H29ClN2O5S/c1-4-31(25-13-11-22(29)15-21(25)18-30-17-20-9-7-6-8-10-20)37(33,34)23-12-14-26-24(16-23)19(3)27(36-26)28(32)35-5-2/h6-16,30H,4-5,17-18H2,1-3H3. The van der Waals surface area contributed by atoms with Crippen molar-refractivity contribution in [3.05, 3.63) is 94.2 Å². The summed E-state index contributed by atoms with van der Waals surface area (Å²) in [4.78, 5) is 12.3. The summed E-state index contributed by atoms with van der Waals surface area (Å²) in [6.07, 6.45) is 0. The van der Waals surface area contributed by atoms with E-state index in [1.807, 2.05) is 30.3 Å². The van der Waals surface area contributed by atoms with Crippen molar-refractivity contribution in [2.24, 2.45) is 0 Å². The smallest absolute Gasteiger partial charge is 0.374 e. The molecule has 9 heteroatoms. The number of sulfonamides is 1. The van der Waals surface area contributed by atoms with E-state index < -0.39 is 16.0 Å². The summed E-state index contributed by atoms with van der Waals surface area (Å²) in [7, 11) is -3.94. The molecule has 0 radical (unpaired) electrons. The van der Waals surface area contributed by atoms with Gasteiger partial charge in [0.25, 0.3) is 10.0 Å². The monoisotopic (exact) mass is 540 g/mol. The molecule has 0 aliphatic heterocycles. The molecular formula is C28H29ClN2O5S. The molecule has 0 spiro atoms. The minimum atomic E-state index is -3.94. The summed E-state index contributed by atoms with van der Waals surface area (Å²) in [6, 6.07) is 19.7. The van der Waals surface area contributed by atoms with Crippen LogP contribution in [0.5, 0.6) is 0 Å². The molecule has 0 fully saturated rings. The summed E-state index contributed by atoms with van der Waals surface area (Å²) in [6.45, 7) is 6.69. The number of carbonyl (C=O) groups is 1. The zero-order chi connectivity index (χ0) is 26.6. The maximum absolute atomic E-state index is 13.8. The number of nitrogens with zero attached hydrogens (tertiary/aromatic N) is 1. The largest absolute Gasteiger partial charge is 0.460 e. The van der Waals surface area contributed by atoms with Gasteiger partial charge in [0.15, 0.2) is 0 Å². The molecule has 1 heterocycles. The Bertz CT molecular complexity index is 1520. The number of anilines is 1. The Morgan fingerprint density at radius 1 is 1.03 bits per heavy atom. The fraction of sp³-hybridized carbons (Fsp3) is 0.250. The molecule has 194 valence electrons. The van der Waals surface area contributed by atoms with E-state index in [1.165, 1.54) is 16.4 Å². The highest BCUT2D eigenvalue weighted by molar-refractivity contribution is 7.92. The third-order valence-electron chi connectivity index (χ3n) is 6.04. The van der Waals surface area contributed by atoms with Crippen LogP contribution >= 0.6 is 11.6 Å². The van der Waals surface area contributed by atoms with Gasteiger partial charge < -0.3 is 14.5 Å². The van der Waals surface area contributed by atoms with Crippen LogP contribution in [-0.2, 0) is 27.8 Å². The number of hydrogen-bond acceptors (Lipinski definition) is 6. The molecule has 3 aromatic carbocycles. The predicted octanol–water partition coefficient (Wildman–Crippen LogP) is 6.08. The van der Waals surface area contributed by atoms with Gasteiger partial charge in [-0.3, -0.25) is 4.31 Å². The van der Waals surface area contributed by atoms with Crippen LogP contribution in [0.25, 0.3) is 11.0 Å². The van der Waals surface area contributed by atoms with Gasteiger partial charge in [-0.15, -0.1) is 0 Å². The van der Waals surface area contributed by atoms with Crippen molar-refractivity contribution in [3.8, 4) is 0 Å². The van der Waals surface area contributed by atoms with Gasteiger partial charge in [0.1, 0.15) is 5.58 Å². The molecule has 0 atom stereocenters. The highest BCUT2D eigenvalue weighted by Crippen LogP contribution is 2.33. The molecule has 1 aromatic heterocycles. The summed E-state index contributed by atoms with van der Waals surface area (Å²) in [5, 5.41) is 4.44. The number of halogens is 1. The number of aryl methyl sites for hydroxylation is 1. The van der Waals surface area contributed by atoms with Gasteiger partial charge in [0.05, 0.1) is 17.2 Å². The molecule has 0 aliphatic rings. The molecule has 0 saturated heterocycles. The minimum Gasteiger partial charge on any atom is -0.460 e. The Morgan fingerprint density at radius 3 is 2.49 bits per heavy atom. The minimum absolute atomic E-state index is 0.0724. The van der Waals surface area contributed by atoms with Crippen LogP contribution in [-0.4, -0.2) is 27.5 Å². The van der Waals surface area contributed by atoms with Crippen molar-refractivity contribution in [2.45, 2.75) is 38.8 Å². The second-order valence-electron chi connectivity index (χ2n) is 8.47. The van der Waals surface area contributed by atoms with Gasteiger partial charge >= 0.3 is 5.97 Å². The second-order valence-corrected chi connectivity index (χ2v) is 10.8. The number of carbonyl (C=O) groups excluding carboxylic acids is 1. The first-order chi connectivity index (χ1) is 17.8. The van der Waals surface area contributed by atoms with E-state index in [2.05, 4.69) is 5.32 Å². The first kappa shape index (κ1) is 26.7. The van der Waals surface area contributed by atoms with Crippen molar-refractivity contribution >= 4 is 44.3 Å². The molecule has 0 saturated carbocycles. The van der Waals surface area contributed by atoms with Crippen LogP contribution in [0.15, 0.2) is 76.0 Å². The number of fused-ring (bicyclic) bond motifs is 1. The molecular weight excluding hydrogens is 512 g/mol. The zero-order valence-corrected chi connectivity index (χ0v) is 22.5. The molecule has 4 rings (SSSR count). The van der Waals surface area contributed by atoms with Crippen LogP contribution in [0.2, 0.25) is 5.02 Å². The first-order valence-electron chi connectivity index (χ1n) is 12.0. The molecule has 0 aliphatic carbocycles. The third-order valence-corrected chi connectivity index (χ3v) is 8.16. The SMILES string of the molecule is CCOC(=O)c1oc2ccc(S(=O)(=O)N(CC)c3ccc(Cl)cc3CNCc3ccccc3)cc2c1C. The van der Waals surface area contributed by atoms with E-state index in [1.54, 1.807) is 45.0 Å². The number of furan rings is 1. The lowest BCUT2D eigenvalue weighted by Gasteiger charge is -2.26. The van der Waals surface area contributed by atoms with Crippen LogP contribution < -0.4 is 9.62 Å². The van der Waals surface area contributed by atoms with Crippen molar-refractivity contribution in [2.75, 3.05) is 17.5 Å². The van der Waals surface area contributed by atoms with E-state index in [9.17, 15) is 13.2 Å². The fourth-order valence-corrected chi connectivity index (χ4v) is 5.96. The average molecular weight is 541 g/mol. The normalized spacial score (nSPS) is 11.6. The zero-order valence-electron chi connectivity index (χ0n) is 21.0. The van der Waals surface area contributed by atoms with Crippen molar-refractivity contribution in [1.82, 2.24) is 5.32 Å². The Balaban J connectivity index is 1.67. The van der Waals surface area contributed by atoms with Crippen LogP contribution in [0, 0.1) is 6.92 Å². The molecule has 4 aromatic rings. The van der Waals surface area contributed by atoms with Crippen LogP contribution in [0.3, 0.4) is 0 Å². The predicted molar refractivity (Wildman–Crippen MR) is 146 cm³/mol. The Hall–Kier alpha value is -3.33. The van der Waals surface area contributed by atoms with Gasteiger partial charge in [-0.1, -0.05) is 41.9 Å². The number of nitrogens with one attached hydrogen (secondary N) is 1. The van der Waals surface area contributed by atoms with Gasteiger partial charge in [-0.2, -0.15) is 0 Å². The van der Waals surface area contributed by atoms with E-state index >= 15 is 0 Å². The highest BCUT2D eigenvalue weighted by Gasteiger charge is 2.27. The lowest BCUT2D eigenvalue weighted by atomic mass is 10.1. The molecule has 0 bridgehead atoms. The maximum Gasteiger partial charge on any atom is 0.374 e. The number of rotatable bonds is 10. The molecule has 1 N–H and O–H groups in total. The lowest BCUT2D eigenvalue weighted by molar-refractivity contribution is 0.0491. The van der Waals surface area contributed by atoms with Crippen molar-refractivity contribution < 1.29 is 22.4 Å². The van der Waals surface area contributed by atoms with Gasteiger partial charge in [-0.25, -0.2) is 13.2 Å². The van der Waals surface area contributed by atoms with E-state index in [4.69, 9.17) is 20.8 Å². The van der Waals surface area contributed by atoms with Crippen molar-refractivity contribution in [1.29, 1.82) is 0 Å². The molecule has 0 unspecified atom stereocenters. The number of hydrogen-bond donors (Lipinski definition) is 1.